The number of hydrogen-bond donors (Lipinski definition) is 2. The van der Waals surface area contributed by atoms with Crippen LogP contribution in [0.15, 0.2) is 143 Å². The van der Waals surface area contributed by atoms with E-state index in [0.29, 0.717) is 0 Å². The standard InChI is InChI=1S/C33H30O6P2/c1-38-32(36)30(40(24-15-7-3-8-16-24)25-17-9-4-10-18-25)28(34)23-29(35)31(33(37)39-2)41(26-19-11-5-12-20-26)27-21-13-6-14-22-27/h3-22,34-35H,23H2,1-2H3. The first-order chi connectivity index (χ1) is 20.0. The molecule has 41 heavy (non-hydrogen) atoms. The van der Waals surface area contributed by atoms with Crippen molar-refractivity contribution in [1.29, 1.82) is 0 Å². The zero-order valence-electron chi connectivity index (χ0n) is 22.7. The third-order valence-corrected chi connectivity index (χ3v) is 11.2. The normalized spacial score (nSPS) is 12.4. The maximum atomic E-state index is 13.3. The Morgan fingerprint density at radius 2 is 0.756 bits per heavy atom. The second-order valence-corrected chi connectivity index (χ2v) is 13.1. The van der Waals surface area contributed by atoms with Crippen molar-refractivity contribution in [2.75, 3.05) is 14.2 Å². The molecule has 0 saturated carbocycles. The van der Waals surface area contributed by atoms with Crippen LogP contribution in [0.3, 0.4) is 0 Å². The molecule has 2 N–H and O–H groups in total. The van der Waals surface area contributed by atoms with Crippen molar-refractivity contribution in [1.82, 2.24) is 0 Å². The third kappa shape index (κ3) is 7.10. The van der Waals surface area contributed by atoms with Crippen LogP contribution in [0.2, 0.25) is 0 Å². The van der Waals surface area contributed by atoms with Gasteiger partial charge >= 0.3 is 11.9 Å². The molecule has 0 saturated heterocycles. The monoisotopic (exact) mass is 584 g/mol. The first-order valence-electron chi connectivity index (χ1n) is 12.8. The number of esters is 2. The fourth-order valence-corrected chi connectivity index (χ4v) is 9.05. The van der Waals surface area contributed by atoms with Crippen molar-refractivity contribution in [3.63, 3.8) is 0 Å². The predicted molar refractivity (Wildman–Crippen MR) is 166 cm³/mol. The van der Waals surface area contributed by atoms with Gasteiger partial charge < -0.3 is 19.7 Å². The molecule has 0 heterocycles. The molecule has 0 aromatic heterocycles. The molecule has 0 fully saturated rings. The van der Waals surface area contributed by atoms with Crippen molar-refractivity contribution in [2.45, 2.75) is 6.42 Å². The highest BCUT2D eigenvalue weighted by Crippen LogP contribution is 2.48. The number of aliphatic hydroxyl groups excluding tert-OH is 2. The van der Waals surface area contributed by atoms with Crippen molar-refractivity contribution in [3.8, 4) is 0 Å². The Labute approximate surface area is 242 Å². The minimum absolute atomic E-state index is 0.0272. The summed E-state index contributed by atoms with van der Waals surface area (Å²) < 4.78 is 10.3. The van der Waals surface area contributed by atoms with Gasteiger partial charge in [-0.3, -0.25) is 0 Å². The molecule has 0 atom stereocenters. The number of benzene rings is 4. The van der Waals surface area contributed by atoms with Crippen LogP contribution in [-0.2, 0) is 19.1 Å². The molecular formula is C33H30O6P2. The van der Waals surface area contributed by atoms with Crippen molar-refractivity contribution in [3.05, 3.63) is 143 Å². The Morgan fingerprint density at radius 3 is 0.976 bits per heavy atom. The summed E-state index contributed by atoms with van der Waals surface area (Å²) in [5, 5.41) is 26.4. The number of carbonyl (C=O) groups excluding carboxylic acids is 2. The highest BCUT2D eigenvalue weighted by molar-refractivity contribution is 7.78. The van der Waals surface area contributed by atoms with E-state index in [4.69, 9.17) is 9.47 Å². The first-order valence-corrected chi connectivity index (χ1v) is 15.5. The summed E-state index contributed by atoms with van der Waals surface area (Å²) in [4.78, 5) is 26.5. The van der Waals surface area contributed by atoms with Crippen molar-refractivity contribution < 1.29 is 29.3 Å². The van der Waals surface area contributed by atoms with Crippen LogP contribution >= 0.6 is 15.8 Å². The zero-order valence-corrected chi connectivity index (χ0v) is 24.5. The van der Waals surface area contributed by atoms with Crippen molar-refractivity contribution in [2.24, 2.45) is 0 Å². The number of ether oxygens (including phenoxy) is 2. The molecule has 4 aromatic rings. The fourth-order valence-electron chi connectivity index (χ4n) is 4.32. The van der Waals surface area contributed by atoms with Crippen LogP contribution in [-0.4, -0.2) is 36.4 Å². The van der Waals surface area contributed by atoms with Crippen LogP contribution in [0.5, 0.6) is 0 Å². The topological polar surface area (TPSA) is 93.1 Å². The number of carbonyl (C=O) groups is 2. The van der Waals surface area contributed by atoms with E-state index in [2.05, 4.69) is 0 Å². The van der Waals surface area contributed by atoms with Crippen LogP contribution in [0.25, 0.3) is 0 Å². The summed E-state index contributed by atoms with van der Waals surface area (Å²) in [5.41, 5.74) is 0. The molecular weight excluding hydrogens is 554 g/mol. The molecule has 4 rings (SSSR count). The van der Waals surface area contributed by atoms with E-state index in [-0.39, 0.29) is 22.1 Å². The van der Waals surface area contributed by atoms with Gasteiger partial charge in [-0.1, -0.05) is 121 Å². The maximum Gasteiger partial charge on any atom is 0.342 e. The smallest absolute Gasteiger partial charge is 0.342 e. The average molecular weight is 585 g/mol. The quantitative estimate of drug-likeness (QED) is 0.110. The molecule has 8 heteroatoms. The lowest BCUT2D eigenvalue weighted by Gasteiger charge is -2.23. The summed E-state index contributed by atoms with van der Waals surface area (Å²) in [5.74, 6) is -2.21. The number of methoxy groups -OCH3 is 2. The molecule has 0 radical (unpaired) electrons. The van der Waals surface area contributed by atoms with Gasteiger partial charge in [-0.2, -0.15) is 0 Å². The SMILES string of the molecule is COC(=O)C(=C(O)CC(O)=C(C(=O)OC)P(c1ccccc1)c1ccccc1)P(c1ccccc1)c1ccccc1. The first kappa shape index (κ1) is 29.7. The molecule has 0 spiro atoms. The Hall–Kier alpha value is -4.24. The van der Waals surface area contributed by atoms with Gasteiger partial charge in [0.05, 0.1) is 20.6 Å². The number of hydrogen-bond acceptors (Lipinski definition) is 6. The fraction of sp³-hybridized carbons (Fsp3) is 0.0909. The molecule has 0 amide bonds. The number of aliphatic hydroxyl groups is 2. The second-order valence-electron chi connectivity index (χ2n) is 8.76. The van der Waals surface area contributed by atoms with Crippen LogP contribution in [0.1, 0.15) is 6.42 Å². The zero-order chi connectivity index (χ0) is 29.2. The minimum Gasteiger partial charge on any atom is -0.511 e. The van der Waals surface area contributed by atoms with E-state index in [0.717, 1.165) is 21.2 Å². The molecule has 6 nitrogen and oxygen atoms in total. The third-order valence-electron chi connectivity index (χ3n) is 6.14. The summed E-state index contributed by atoms with van der Waals surface area (Å²) >= 11 is 0. The number of rotatable bonds is 10. The lowest BCUT2D eigenvalue weighted by molar-refractivity contribution is -0.136. The van der Waals surface area contributed by atoms with Gasteiger partial charge in [0.15, 0.2) is 0 Å². The molecule has 0 aliphatic rings. The van der Waals surface area contributed by atoms with Gasteiger partial charge in [-0.15, -0.1) is 0 Å². The molecule has 0 bridgehead atoms. The highest BCUT2D eigenvalue weighted by Gasteiger charge is 2.33. The maximum absolute atomic E-state index is 13.3. The van der Waals surface area contributed by atoms with Crippen LogP contribution < -0.4 is 21.2 Å². The molecule has 0 unspecified atom stereocenters. The second kappa shape index (κ2) is 14.4. The van der Waals surface area contributed by atoms with Gasteiger partial charge in [0, 0.05) is 0 Å². The highest BCUT2D eigenvalue weighted by atomic mass is 31.1. The van der Waals surface area contributed by atoms with E-state index in [9.17, 15) is 19.8 Å². The summed E-state index contributed by atoms with van der Waals surface area (Å²) in [6.45, 7) is 0. The van der Waals surface area contributed by atoms with Gasteiger partial charge in [0.1, 0.15) is 22.1 Å². The predicted octanol–water partition coefficient (Wildman–Crippen LogP) is 5.53. The molecule has 4 aromatic carbocycles. The van der Waals surface area contributed by atoms with E-state index in [1.807, 2.05) is 121 Å². The van der Waals surface area contributed by atoms with E-state index in [1.54, 1.807) is 0 Å². The summed E-state index contributed by atoms with van der Waals surface area (Å²) in [7, 11) is -0.623. The van der Waals surface area contributed by atoms with E-state index >= 15 is 0 Å². The summed E-state index contributed by atoms with van der Waals surface area (Å²) in [6, 6.07) is 37.4. The molecule has 0 aliphatic carbocycles. The van der Waals surface area contributed by atoms with Gasteiger partial charge in [-0.25, -0.2) is 9.59 Å². The molecule has 0 aliphatic heterocycles. The minimum atomic E-state index is -1.56. The average Bonchev–Trinajstić information content (AvgIpc) is 3.03. The van der Waals surface area contributed by atoms with Crippen LogP contribution in [0, 0.1) is 0 Å². The summed E-state index contributed by atoms with van der Waals surface area (Å²) in [6.07, 6.45) is -0.466. The van der Waals surface area contributed by atoms with E-state index in [1.165, 1.54) is 14.2 Å². The van der Waals surface area contributed by atoms with E-state index < -0.39 is 34.2 Å². The Kier molecular flexibility index (Phi) is 10.5. The van der Waals surface area contributed by atoms with Crippen molar-refractivity contribution >= 4 is 49.0 Å². The van der Waals surface area contributed by atoms with Gasteiger partial charge in [0.25, 0.3) is 0 Å². The van der Waals surface area contributed by atoms with Gasteiger partial charge in [-0.05, 0) is 37.1 Å². The van der Waals surface area contributed by atoms with Gasteiger partial charge in [0.2, 0.25) is 0 Å². The Balaban J connectivity index is 1.92. The Bertz CT molecular complexity index is 1330. The lowest BCUT2D eigenvalue weighted by Crippen LogP contribution is -2.21. The van der Waals surface area contributed by atoms with Crippen LogP contribution in [0.4, 0.5) is 0 Å². The lowest BCUT2D eigenvalue weighted by atomic mass is 10.2. The Morgan fingerprint density at radius 1 is 0.512 bits per heavy atom. The molecule has 208 valence electrons. The largest absolute Gasteiger partial charge is 0.511 e.